The Labute approximate surface area is 136 Å². The van der Waals surface area contributed by atoms with Crippen LogP contribution in [0.25, 0.3) is 16.0 Å². The Morgan fingerprint density at radius 2 is 2.23 bits per heavy atom. The normalized spacial score (nSPS) is 11.5. The van der Waals surface area contributed by atoms with Gasteiger partial charge in [0.15, 0.2) is 5.69 Å². The molecule has 0 bridgehead atoms. The van der Waals surface area contributed by atoms with E-state index in [2.05, 4.69) is 23.9 Å². The van der Waals surface area contributed by atoms with Gasteiger partial charge < -0.3 is 5.11 Å². The van der Waals surface area contributed by atoms with Gasteiger partial charge in [-0.3, -0.25) is 0 Å². The molecular formula is C15H14ClN3O2S. The van der Waals surface area contributed by atoms with Crippen molar-refractivity contribution in [3.8, 4) is 5.13 Å². The molecule has 114 valence electrons. The highest BCUT2D eigenvalue weighted by molar-refractivity contribution is 7.12. The van der Waals surface area contributed by atoms with Gasteiger partial charge in [-0.2, -0.15) is 5.10 Å². The monoisotopic (exact) mass is 335 g/mol. The van der Waals surface area contributed by atoms with E-state index >= 15 is 0 Å². The molecule has 2 aromatic heterocycles. The van der Waals surface area contributed by atoms with Gasteiger partial charge >= 0.3 is 5.97 Å². The lowest BCUT2D eigenvalue weighted by molar-refractivity contribution is 0.0691. The number of rotatable bonds is 4. The first kappa shape index (κ1) is 15.0. The number of carboxylic acids is 1. The summed E-state index contributed by atoms with van der Waals surface area (Å²) in [6, 6.07) is 5.62. The Kier molecular flexibility index (Phi) is 3.88. The smallest absolute Gasteiger partial charge is 0.355 e. The van der Waals surface area contributed by atoms with Crippen LogP contribution >= 0.6 is 22.9 Å². The minimum atomic E-state index is -1.04. The van der Waals surface area contributed by atoms with Crippen molar-refractivity contribution in [3.63, 3.8) is 0 Å². The van der Waals surface area contributed by atoms with Crippen molar-refractivity contribution in [2.45, 2.75) is 20.3 Å². The van der Waals surface area contributed by atoms with E-state index in [1.54, 1.807) is 4.68 Å². The highest BCUT2D eigenvalue weighted by Crippen LogP contribution is 2.28. The summed E-state index contributed by atoms with van der Waals surface area (Å²) in [5.74, 6) is -0.576. The van der Waals surface area contributed by atoms with Crippen LogP contribution in [0.1, 0.15) is 30.0 Å². The number of thiazole rings is 1. The van der Waals surface area contributed by atoms with E-state index in [9.17, 15) is 4.79 Å². The Bertz CT molecular complexity index is 854. The number of carboxylic acid groups (broad SMARTS) is 1. The second-order valence-electron chi connectivity index (χ2n) is 5.44. The summed E-state index contributed by atoms with van der Waals surface area (Å²) in [5.41, 5.74) is 1.83. The summed E-state index contributed by atoms with van der Waals surface area (Å²) in [6.45, 7) is 4.26. The predicted octanol–water partition coefficient (Wildman–Crippen LogP) is 4.03. The van der Waals surface area contributed by atoms with Crippen molar-refractivity contribution < 1.29 is 9.90 Å². The van der Waals surface area contributed by atoms with Crippen molar-refractivity contribution >= 4 is 39.8 Å². The standard InChI is InChI=1S/C15H14ClN3O2S/c1-8(2)5-11-10-4-3-9(16)6-13(10)19(18-11)15-17-12(7-22-15)14(20)21/h3-4,6-8H,5H2,1-2H3,(H,20,21). The van der Waals surface area contributed by atoms with Crippen LogP contribution in [0.4, 0.5) is 0 Å². The highest BCUT2D eigenvalue weighted by Gasteiger charge is 2.17. The second-order valence-corrected chi connectivity index (χ2v) is 6.71. The number of carbonyl (C=O) groups is 1. The maximum atomic E-state index is 11.0. The first-order chi connectivity index (χ1) is 10.5. The molecular weight excluding hydrogens is 322 g/mol. The number of aromatic carboxylic acids is 1. The van der Waals surface area contributed by atoms with Crippen LogP contribution in [0.3, 0.4) is 0 Å². The van der Waals surface area contributed by atoms with Gasteiger partial charge in [0, 0.05) is 15.8 Å². The van der Waals surface area contributed by atoms with E-state index in [-0.39, 0.29) is 5.69 Å². The predicted molar refractivity (Wildman–Crippen MR) is 87.3 cm³/mol. The van der Waals surface area contributed by atoms with Gasteiger partial charge in [0.1, 0.15) is 0 Å². The quantitative estimate of drug-likeness (QED) is 0.781. The Balaban J connectivity index is 2.19. The van der Waals surface area contributed by atoms with Crippen LogP contribution in [-0.4, -0.2) is 25.8 Å². The number of nitrogens with zero attached hydrogens (tertiary/aromatic N) is 3. The third kappa shape index (κ3) is 2.71. The summed E-state index contributed by atoms with van der Waals surface area (Å²) in [6.07, 6.45) is 0.836. The van der Waals surface area contributed by atoms with E-state index in [0.717, 1.165) is 23.0 Å². The average molecular weight is 336 g/mol. The van der Waals surface area contributed by atoms with Crippen LogP contribution < -0.4 is 0 Å². The minimum absolute atomic E-state index is 0.0242. The van der Waals surface area contributed by atoms with Crippen LogP contribution in [-0.2, 0) is 6.42 Å². The van der Waals surface area contributed by atoms with Gasteiger partial charge in [-0.25, -0.2) is 14.5 Å². The zero-order chi connectivity index (χ0) is 15.9. The number of halogens is 1. The van der Waals surface area contributed by atoms with Gasteiger partial charge in [-0.1, -0.05) is 25.4 Å². The number of hydrogen-bond acceptors (Lipinski definition) is 4. The lowest BCUT2D eigenvalue weighted by Gasteiger charge is -2.00. The molecule has 22 heavy (non-hydrogen) atoms. The molecule has 0 amide bonds. The molecule has 0 saturated heterocycles. The largest absolute Gasteiger partial charge is 0.476 e. The van der Waals surface area contributed by atoms with Crippen molar-refractivity contribution in [2.75, 3.05) is 0 Å². The average Bonchev–Trinajstić information content (AvgIpc) is 3.03. The van der Waals surface area contributed by atoms with E-state index < -0.39 is 5.97 Å². The number of aromatic nitrogens is 3. The van der Waals surface area contributed by atoms with E-state index in [1.165, 1.54) is 16.7 Å². The van der Waals surface area contributed by atoms with Crippen molar-refractivity contribution in [1.82, 2.24) is 14.8 Å². The number of fused-ring (bicyclic) bond motifs is 1. The van der Waals surface area contributed by atoms with E-state index in [4.69, 9.17) is 16.7 Å². The summed E-state index contributed by atoms with van der Waals surface area (Å²) in [4.78, 5) is 15.1. The first-order valence-electron chi connectivity index (χ1n) is 6.82. The van der Waals surface area contributed by atoms with Crippen LogP contribution in [0.5, 0.6) is 0 Å². The third-order valence-electron chi connectivity index (χ3n) is 3.21. The molecule has 1 aromatic carbocycles. The molecule has 0 saturated carbocycles. The number of hydrogen-bond donors (Lipinski definition) is 1. The lowest BCUT2D eigenvalue weighted by Crippen LogP contribution is -2.01. The van der Waals surface area contributed by atoms with Gasteiger partial charge in [-0.05, 0) is 30.5 Å². The summed E-state index contributed by atoms with van der Waals surface area (Å²) in [7, 11) is 0. The molecule has 0 aliphatic rings. The van der Waals surface area contributed by atoms with Crippen LogP contribution in [0.15, 0.2) is 23.6 Å². The Hall–Kier alpha value is -1.92. The van der Waals surface area contributed by atoms with Crippen LogP contribution in [0, 0.1) is 5.92 Å². The molecule has 5 nitrogen and oxygen atoms in total. The molecule has 0 unspecified atom stereocenters. The van der Waals surface area contributed by atoms with Gasteiger partial charge in [0.25, 0.3) is 0 Å². The van der Waals surface area contributed by atoms with Crippen molar-refractivity contribution in [3.05, 3.63) is 40.0 Å². The second kappa shape index (κ2) is 5.70. The fourth-order valence-corrected chi connectivity index (χ4v) is 3.22. The molecule has 2 heterocycles. The van der Waals surface area contributed by atoms with Crippen LogP contribution in [0.2, 0.25) is 5.02 Å². The SMILES string of the molecule is CC(C)Cc1nn(-c2nc(C(=O)O)cs2)c2cc(Cl)ccc12. The summed E-state index contributed by atoms with van der Waals surface area (Å²) in [5, 5.41) is 17.3. The molecule has 0 aliphatic heterocycles. The van der Waals surface area contributed by atoms with Gasteiger partial charge in [0.05, 0.1) is 11.2 Å². The molecule has 0 aliphatic carbocycles. The molecule has 0 spiro atoms. The zero-order valence-electron chi connectivity index (χ0n) is 12.1. The van der Waals surface area contributed by atoms with Crippen molar-refractivity contribution in [1.29, 1.82) is 0 Å². The minimum Gasteiger partial charge on any atom is -0.476 e. The zero-order valence-corrected chi connectivity index (χ0v) is 13.6. The fourth-order valence-electron chi connectivity index (χ4n) is 2.30. The van der Waals surface area contributed by atoms with Gasteiger partial charge in [-0.15, -0.1) is 11.3 Å². The third-order valence-corrected chi connectivity index (χ3v) is 4.26. The summed E-state index contributed by atoms with van der Waals surface area (Å²) < 4.78 is 1.68. The first-order valence-corrected chi connectivity index (χ1v) is 8.08. The molecule has 7 heteroatoms. The molecule has 3 rings (SSSR count). The van der Waals surface area contributed by atoms with E-state index in [1.807, 2.05) is 18.2 Å². The number of benzene rings is 1. The van der Waals surface area contributed by atoms with Gasteiger partial charge in [0.2, 0.25) is 5.13 Å². The van der Waals surface area contributed by atoms with E-state index in [0.29, 0.717) is 16.1 Å². The molecule has 0 atom stereocenters. The highest BCUT2D eigenvalue weighted by atomic mass is 35.5. The Morgan fingerprint density at radius 3 is 2.86 bits per heavy atom. The maximum absolute atomic E-state index is 11.0. The maximum Gasteiger partial charge on any atom is 0.355 e. The summed E-state index contributed by atoms with van der Waals surface area (Å²) >= 11 is 7.35. The molecule has 0 radical (unpaired) electrons. The topological polar surface area (TPSA) is 68.0 Å². The molecule has 3 aromatic rings. The Morgan fingerprint density at radius 1 is 1.45 bits per heavy atom. The van der Waals surface area contributed by atoms with Crippen molar-refractivity contribution in [2.24, 2.45) is 5.92 Å². The molecule has 0 fully saturated rings. The lowest BCUT2D eigenvalue weighted by atomic mass is 10.1. The molecule has 1 N–H and O–H groups in total. The fraction of sp³-hybridized carbons (Fsp3) is 0.267.